The van der Waals surface area contributed by atoms with Gasteiger partial charge in [-0.25, -0.2) is 9.37 Å². The van der Waals surface area contributed by atoms with Gasteiger partial charge in [0.2, 0.25) is 0 Å². The second-order valence-electron chi connectivity index (χ2n) is 6.42. The zero-order valence-electron chi connectivity index (χ0n) is 16.1. The van der Waals surface area contributed by atoms with Crippen molar-refractivity contribution in [3.8, 4) is 22.9 Å². The van der Waals surface area contributed by atoms with Crippen molar-refractivity contribution in [1.82, 2.24) is 14.8 Å². The van der Waals surface area contributed by atoms with Crippen molar-refractivity contribution in [1.29, 1.82) is 0 Å². The van der Waals surface area contributed by atoms with Crippen molar-refractivity contribution < 1.29 is 18.7 Å². The standard InChI is InChI=1S/C21H20FN3O3S/c1-3-27-16-9-8-14(11-17(16)28-4-2)20-23-21-25(24-20)19(26)12-18(29-21)13-6-5-7-15(22)10-13/h5-11,18H,3-4,12H2,1-2H3. The molecule has 3 aromatic rings. The molecule has 1 aromatic heterocycles. The summed E-state index contributed by atoms with van der Waals surface area (Å²) in [5, 5.41) is 4.69. The topological polar surface area (TPSA) is 66.2 Å². The molecule has 1 aliphatic heterocycles. The van der Waals surface area contributed by atoms with Crippen LogP contribution in [0.15, 0.2) is 47.6 Å². The predicted octanol–water partition coefficient (Wildman–Crippen LogP) is 4.76. The van der Waals surface area contributed by atoms with Crippen LogP contribution in [0.25, 0.3) is 11.4 Å². The second kappa shape index (κ2) is 8.24. The zero-order chi connectivity index (χ0) is 20.4. The summed E-state index contributed by atoms with van der Waals surface area (Å²) in [4.78, 5) is 17.2. The maximum absolute atomic E-state index is 13.6. The van der Waals surface area contributed by atoms with Gasteiger partial charge in [-0.2, -0.15) is 4.68 Å². The van der Waals surface area contributed by atoms with E-state index in [9.17, 15) is 9.18 Å². The zero-order valence-corrected chi connectivity index (χ0v) is 16.9. The Labute approximate surface area is 172 Å². The van der Waals surface area contributed by atoms with E-state index in [1.165, 1.54) is 28.6 Å². The van der Waals surface area contributed by atoms with Gasteiger partial charge in [-0.05, 0) is 49.7 Å². The van der Waals surface area contributed by atoms with E-state index in [1.807, 2.05) is 38.1 Å². The van der Waals surface area contributed by atoms with Crippen LogP contribution in [-0.4, -0.2) is 33.9 Å². The molecule has 0 saturated heterocycles. The first-order chi connectivity index (χ1) is 14.1. The SMILES string of the molecule is CCOc1ccc(-c2nc3n(n2)C(=O)CC(c2cccc(F)c2)S3)cc1OCC. The number of aromatic nitrogens is 3. The van der Waals surface area contributed by atoms with Crippen molar-refractivity contribution >= 4 is 17.7 Å². The average molecular weight is 413 g/mol. The Morgan fingerprint density at radius 1 is 1.14 bits per heavy atom. The number of fused-ring (bicyclic) bond motifs is 1. The van der Waals surface area contributed by atoms with Crippen molar-refractivity contribution in [2.45, 2.75) is 30.7 Å². The molecular weight excluding hydrogens is 393 g/mol. The highest BCUT2D eigenvalue weighted by Crippen LogP contribution is 2.42. The first kappa shape index (κ1) is 19.4. The summed E-state index contributed by atoms with van der Waals surface area (Å²) in [6.07, 6.45) is 0.234. The monoisotopic (exact) mass is 413 g/mol. The maximum Gasteiger partial charge on any atom is 0.250 e. The Bertz CT molecular complexity index is 1050. The predicted molar refractivity (Wildman–Crippen MR) is 108 cm³/mol. The Hall–Kier alpha value is -2.87. The lowest BCUT2D eigenvalue weighted by molar-refractivity contribution is 0.0868. The molecule has 1 aliphatic rings. The van der Waals surface area contributed by atoms with Crippen LogP contribution in [0.1, 0.15) is 35.9 Å². The quantitative estimate of drug-likeness (QED) is 0.581. The van der Waals surface area contributed by atoms with E-state index in [4.69, 9.17) is 9.47 Å². The highest BCUT2D eigenvalue weighted by atomic mass is 32.2. The molecule has 8 heteroatoms. The van der Waals surface area contributed by atoms with Gasteiger partial charge in [0.25, 0.3) is 5.91 Å². The van der Waals surface area contributed by atoms with E-state index in [2.05, 4.69) is 10.1 Å². The lowest BCUT2D eigenvalue weighted by Crippen LogP contribution is -2.21. The van der Waals surface area contributed by atoms with Crippen LogP contribution in [0.4, 0.5) is 4.39 Å². The molecule has 6 nitrogen and oxygen atoms in total. The number of thioether (sulfide) groups is 1. The van der Waals surface area contributed by atoms with Crippen molar-refractivity contribution in [2.75, 3.05) is 13.2 Å². The van der Waals surface area contributed by atoms with Crippen molar-refractivity contribution in [3.05, 3.63) is 53.8 Å². The van der Waals surface area contributed by atoms with Gasteiger partial charge in [0.05, 0.1) is 13.2 Å². The van der Waals surface area contributed by atoms with E-state index in [-0.39, 0.29) is 23.4 Å². The molecule has 0 N–H and O–H groups in total. The molecule has 150 valence electrons. The van der Waals surface area contributed by atoms with E-state index in [0.29, 0.717) is 35.7 Å². The number of hydrogen-bond donors (Lipinski definition) is 0. The minimum atomic E-state index is -0.318. The molecule has 1 atom stereocenters. The third-order valence-electron chi connectivity index (χ3n) is 4.44. The third kappa shape index (κ3) is 3.98. The lowest BCUT2D eigenvalue weighted by Gasteiger charge is -2.20. The maximum atomic E-state index is 13.6. The molecule has 0 aliphatic carbocycles. The summed E-state index contributed by atoms with van der Waals surface area (Å²) in [7, 11) is 0. The minimum absolute atomic E-state index is 0.164. The van der Waals surface area contributed by atoms with Gasteiger partial charge >= 0.3 is 0 Å². The Balaban J connectivity index is 1.65. The fourth-order valence-electron chi connectivity index (χ4n) is 3.16. The number of carbonyl (C=O) groups excluding carboxylic acids is 1. The number of rotatable bonds is 6. The summed E-state index contributed by atoms with van der Waals surface area (Å²) >= 11 is 1.41. The van der Waals surface area contributed by atoms with Crippen LogP contribution in [-0.2, 0) is 0 Å². The minimum Gasteiger partial charge on any atom is -0.490 e. The Kier molecular flexibility index (Phi) is 5.53. The molecule has 2 heterocycles. The van der Waals surface area contributed by atoms with Gasteiger partial charge < -0.3 is 9.47 Å². The third-order valence-corrected chi connectivity index (χ3v) is 5.64. The molecule has 1 unspecified atom stereocenters. The number of nitrogens with zero attached hydrogens (tertiary/aromatic N) is 3. The van der Waals surface area contributed by atoms with Crippen LogP contribution in [0.3, 0.4) is 0 Å². The number of halogens is 1. The molecule has 2 aromatic carbocycles. The normalized spacial score (nSPS) is 15.8. The summed E-state index contributed by atoms with van der Waals surface area (Å²) in [5.74, 6) is 1.21. The number of ether oxygens (including phenoxy) is 2. The molecule has 0 radical (unpaired) electrons. The summed E-state index contributed by atoms with van der Waals surface area (Å²) in [5.41, 5.74) is 1.49. The highest BCUT2D eigenvalue weighted by Gasteiger charge is 2.30. The van der Waals surface area contributed by atoms with Gasteiger partial charge in [0.1, 0.15) is 5.82 Å². The van der Waals surface area contributed by atoms with E-state index < -0.39 is 0 Å². The Morgan fingerprint density at radius 3 is 2.69 bits per heavy atom. The van der Waals surface area contributed by atoms with Crippen LogP contribution in [0, 0.1) is 5.82 Å². The fraction of sp³-hybridized carbons (Fsp3) is 0.286. The number of hydrogen-bond acceptors (Lipinski definition) is 6. The van der Waals surface area contributed by atoms with Gasteiger partial charge in [-0.15, -0.1) is 5.10 Å². The van der Waals surface area contributed by atoms with Crippen molar-refractivity contribution in [3.63, 3.8) is 0 Å². The molecule has 0 spiro atoms. The molecule has 0 amide bonds. The average Bonchev–Trinajstić information content (AvgIpc) is 3.14. The summed E-state index contributed by atoms with van der Waals surface area (Å²) < 4.78 is 26.2. The largest absolute Gasteiger partial charge is 0.490 e. The van der Waals surface area contributed by atoms with Gasteiger partial charge in [-0.1, -0.05) is 23.9 Å². The van der Waals surface area contributed by atoms with Gasteiger partial charge in [0.15, 0.2) is 22.5 Å². The second-order valence-corrected chi connectivity index (χ2v) is 7.59. The smallest absolute Gasteiger partial charge is 0.250 e. The van der Waals surface area contributed by atoms with Crippen LogP contribution < -0.4 is 9.47 Å². The molecular formula is C21H20FN3O3S. The van der Waals surface area contributed by atoms with Gasteiger partial charge in [-0.3, -0.25) is 4.79 Å². The molecule has 0 saturated carbocycles. The van der Waals surface area contributed by atoms with Crippen molar-refractivity contribution in [2.24, 2.45) is 0 Å². The lowest BCUT2D eigenvalue weighted by atomic mass is 10.1. The van der Waals surface area contributed by atoms with Gasteiger partial charge in [0, 0.05) is 17.2 Å². The van der Waals surface area contributed by atoms with E-state index in [1.54, 1.807) is 6.07 Å². The van der Waals surface area contributed by atoms with E-state index >= 15 is 0 Å². The first-order valence-corrected chi connectivity index (χ1v) is 10.3. The summed E-state index contributed by atoms with van der Waals surface area (Å²) in [6.45, 7) is 4.84. The van der Waals surface area contributed by atoms with Crippen LogP contribution >= 0.6 is 11.8 Å². The molecule has 4 rings (SSSR count). The highest BCUT2D eigenvalue weighted by molar-refractivity contribution is 7.99. The molecule has 0 fully saturated rings. The molecule has 0 bridgehead atoms. The first-order valence-electron chi connectivity index (χ1n) is 9.41. The Morgan fingerprint density at radius 2 is 1.93 bits per heavy atom. The van der Waals surface area contributed by atoms with Crippen LogP contribution in [0.2, 0.25) is 0 Å². The molecule has 29 heavy (non-hydrogen) atoms. The number of benzene rings is 2. The fourth-order valence-corrected chi connectivity index (χ4v) is 4.30. The van der Waals surface area contributed by atoms with E-state index in [0.717, 1.165) is 11.1 Å². The number of carbonyl (C=O) groups is 1. The summed E-state index contributed by atoms with van der Waals surface area (Å²) in [6, 6.07) is 11.8. The van der Waals surface area contributed by atoms with Crippen LogP contribution in [0.5, 0.6) is 11.5 Å².